The summed E-state index contributed by atoms with van der Waals surface area (Å²) in [5, 5.41) is 0. The highest BCUT2D eigenvalue weighted by Crippen LogP contribution is 2.03. The Bertz CT molecular complexity index is 189. The molecule has 3 nitrogen and oxygen atoms in total. The minimum atomic E-state index is 0.540. The molecule has 11 heavy (non-hydrogen) atoms. The first-order valence-corrected chi connectivity index (χ1v) is 3.38. The van der Waals surface area contributed by atoms with Crippen molar-refractivity contribution in [3.8, 4) is 5.75 Å². The highest BCUT2D eigenvalue weighted by atomic mass is 16.5. The first kappa shape index (κ1) is 8.01. The predicted molar refractivity (Wildman–Crippen MR) is 40.4 cm³/mol. The third-order valence-corrected chi connectivity index (χ3v) is 1.13. The molecule has 1 heterocycles. The molecule has 0 saturated heterocycles. The molecule has 0 unspecified atom stereocenters. The van der Waals surface area contributed by atoms with Crippen LogP contribution in [-0.2, 0) is 4.74 Å². The van der Waals surface area contributed by atoms with Crippen molar-refractivity contribution in [1.29, 1.82) is 0 Å². The monoisotopic (exact) mass is 152 g/mol. The number of nitrogens with zero attached hydrogens (tertiary/aromatic N) is 1. The molecule has 0 atom stereocenters. The van der Waals surface area contributed by atoms with Crippen LogP contribution in [0.1, 0.15) is 0 Å². The molecular weight excluding hydrogens is 142 g/mol. The number of pyridine rings is 1. The topological polar surface area (TPSA) is 31.4 Å². The van der Waals surface area contributed by atoms with Gasteiger partial charge in [-0.2, -0.15) is 0 Å². The average molecular weight is 152 g/mol. The van der Waals surface area contributed by atoms with Gasteiger partial charge in [-0.05, 0) is 12.1 Å². The average Bonchev–Trinajstić information content (AvgIpc) is 2.07. The van der Waals surface area contributed by atoms with Gasteiger partial charge in [0.05, 0.1) is 6.61 Å². The summed E-state index contributed by atoms with van der Waals surface area (Å²) in [6.07, 6.45) is 4.36. The molecule has 1 aromatic rings. The summed E-state index contributed by atoms with van der Waals surface area (Å²) in [6, 6.07) is 3.61. The molecule has 1 aromatic heterocycles. The fraction of sp³-hybridized carbons (Fsp3) is 0.375. The molecule has 0 N–H and O–H groups in total. The van der Waals surface area contributed by atoms with Crippen molar-refractivity contribution in [3.63, 3.8) is 0 Å². The molecule has 1 radical (unpaired) electrons. The van der Waals surface area contributed by atoms with Crippen LogP contribution in [0, 0.1) is 6.20 Å². The number of rotatable bonds is 4. The Labute approximate surface area is 66.0 Å². The second-order valence-electron chi connectivity index (χ2n) is 1.95. The second kappa shape index (κ2) is 4.68. The van der Waals surface area contributed by atoms with Gasteiger partial charge in [0, 0.05) is 13.3 Å². The van der Waals surface area contributed by atoms with E-state index >= 15 is 0 Å². The van der Waals surface area contributed by atoms with E-state index in [1.165, 1.54) is 0 Å². The van der Waals surface area contributed by atoms with Crippen molar-refractivity contribution in [1.82, 2.24) is 4.98 Å². The van der Waals surface area contributed by atoms with E-state index in [1.54, 1.807) is 19.4 Å². The highest BCUT2D eigenvalue weighted by molar-refractivity contribution is 5.13. The van der Waals surface area contributed by atoms with Gasteiger partial charge < -0.3 is 9.47 Å². The lowest BCUT2D eigenvalue weighted by Gasteiger charge is -2.02. The number of methoxy groups -OCH3 is 1. The predicted octanol–water partition coefficient (Wildman–Crippen LogP) is 0.907. The second-order valence-corrected chi connectivity index (χ2v) is 1.95. The SMILES string of the molecule is COCCOc1[c]nccc1. The number of hydrogen-bond donors (Lipinski definition) is 0. The molecule has 0 aliphatic carbocycles. The Hall–Kier alpha value is -1.09. The van der Waals surface area contributed by atoms with Gasteiger partial charge in [0.1, 0.15) is 18.6 Å². The lowest BCUT2D eigenvalue weighted by atomic mass is 10.5. The maximum absolute atomic E-state index is 5.20. The first-order valence-electron chi connectivity index (χ1n) is 3.38. The number of aromatic nitrogens is 1. The molecular formula is C8H10NO2. The van der Waals surface area contributed by atoms with Crippen molar-refractivity contribution in [3.05, 3.63) is 24.5 Å². The lowest BCUT2D eigenvalue weighted by molar-refractivity contribution is 0.146. The summed E-state index contributed by atoms with van der Waals surface area (Å²) in [5.41, 5.74) is 0. The zero-order valence-electron chi connectivity index (χ0n) is 6.41. The Morgan fingerprint density at radius 2 is 2.45 bits per heavy atom. The van der Waals surface area contributed by atoms with Crippen molar-refractivity contribution in [2.45, 2.75) is 0 Å². The van der Waals surface area contributed by atoms with E-state index in [-0.39, 0.29) is 0 Å². The normalized spacial score (nSPS) is 9.55. The van der Waals surface area contributed by atoms with E-state index in [9.17, 15) is 0 Å². The molecule has 59 valence electrons. The van der Waals surface area contributed by atoms with Gasteiger partial charge in [-0.15, -0.1) is 0 Å². The molecule has 0 aromatic carbocycles. The standard InChI is InChI=1S/C8H10NO2/c1-10-5-6-11-8-3-2-4-9-7-8/h2-4H,5-6H2,1H3. The maximum Gasteiger partial charge on any atom is 0.147 e. The zero-order valence-corrected chi connectivity index (χ0v) is 6.41. The van der Waals surface area contributed by atoms with Crippen molar-refractivity contribution in [2.24, 2.45) is 0 Å². The van der Waals surface area contributed by atoms with E-state index in [4.69, 9.17) is 9.47 Å². The summed E-state index contributed by atoms with van der Waals surface area (Å²) in [7, 11) is 1.64. The van der Waals surface area contributed by atoms with Crippen LogP contribution in [0.4, 0.5) is 0 Å². The molecule has 0 saturated carbocycles. The lowest BCUT2D eigenvalue weighted by Crippen LogP contribution is -2.04. The highest BCUT2D eigenvalue weighted by Gasteiger charge is 1.90. The van der Waals surface area contributed by atoms with Crippen LogP contribution in [0.5, 0.6) is 5.75 Å². The Morgan fingerprint density at radius 3 is 3.09 bits per heavy atom. The number of ether oxygens (including phenoxy) is 2. The van der Waals surface area contributed by atoms with Crippen LogP contribution < -0.4 is 4.74 Å². The van der Waals surface area contributed by atoms with E-state index < -0.39 is 0 Å². The van der Waals surface area contributed by atoms with Crippen molar-refractivity contribution < 1.29 is 9.47 Å². The van der Waals surface area contributed by atoms with Crippen LogP contribution in [0.2, 0.25) is 0 Å². The largest absolute Gasteiger partial charge is 0.489 e. The fourth-order valence-corrected chi connectivity index (χ4v) is 0.627. The molecule has 0 bridgehead atoms. The van der Waals surface area contributed by atoms with E-state index in [1.807, 2.05) is 6.07 Å². The summed E-state index contributed by atoms with van der Waals surface area (Å²) in [5.74, 6) is 0.657. The molecule has 0 amide bonds. The molecule has 0 spiro atoms. The van der Waals surface area contributed by atoms with Gasteiger partial charge >= 0.3 is 0 Å². The fourth-order valence-electron chi connectivity index (χ4n) is 0.627. The van der Waals surface area contributed by atoms with Gasteiger partial charge in [-0.1, -0.05) is 0 Å². The molecule has 3 heteroatoms. The van der Waals surface area contributed by atoms with Crippen molar-refractivity contribution in [2.75, 3.05) is 20.3 Å². The van der Waals surface area contributed by atoms with Crippen LogP contribution in [0.3, 0.4) is 0 Å². The van der Waals surface area contributed by atoms with Gasteiger partial charge in [-0.3, -0.25) is 4.98 Å². The zero-order chi connectivity index (χ0) is 7.94. The van der Waals surface area contributed by atoms with Gasteiger partial charge in [-0.25, -0.2) is 0 Å². The third kappa shape index (κ3) is 3.00. The first-order chi connectivity index (χ1) is 5.43. The summed E-state index contributed by atoms with van der Waals surface area (Å²) >= 11 is 0. The summed E-state index contributed by atoms with van der Waals surface area (Å²) < 4.78 is 10.0. The molecule has 1 rings (SSSR count). The van der Waals surface area contributed by atoms with Crippen LogP contribution in [0.15, 0.2) is 18.3 Å². The quantitative estimate of drug-likeness (QED) is 0.601. The number of hydrogen-bond acceptors (Lipinski definition) is 3. The minimum Gasteiger partial charge on any atom is -0.489 e. The smallest absolute Gasteiger partial charge is 0.147 e. The van der Waals surface area contributed by atoms with Crippen LogP contribution in [0.25, 0.3) is 0 Å². The van der Waals surface area contributed by atoms with E-state index in [2.05, 4.69) is 11.2 Å². The van der Waals surface area contributed by atoms with E-state index in [0.29, 0.717) is 19.0 Å². The van der Waals surface area contributed by atoms with Gasteiger partial charge in [0.25, 0.3) is 0 Å². The summed E-state index contributed by atoms with van der Waals surface area (Å²) in [4.78, 5) is 3.77. The van der Waals surface area contributed by atoms with Crippen LogP contribution in [-0.4, -0.2) is 25.3 Å². The Kier molecular flexibility index (Phi) is 3.41. The van der Waals surface area contributed by atoms with E-state index in [0.717, 1.165) is 0 Å². The van der Waals surface area contributed by atoms with Gasteiger partial charge in [0.2, 0.25) is 0 Å². The maximum atomic E-state index is 5.20. The Balaban J connectivity index is 2.28. The summed E-state index contributed by atoms with van der Waals surface area (Å²) in [6.45, 7) is 1.13. The third-order valence-electron chi connectivity index (χ3n) is 1.13. The van der Waals surface area contributed by atoms with Crippen LogP contribution >= 0.6 is 0 Å². The van der Waals surface area contributed by atoms with Crippen molar-refractivity contribution >= 4 is 0 Å². The molecule has 0 aliphatic rings. The minimum absolute atomic E-state index is 0.540. The Morgan fingerprint density at radius 1 is 1.55 bits per heavy atom. The molecule has 0 fully saturated rings. The molecule has 0 aliphatic heterocycles. The van der Waals surface area contributed by atoms with Gasteiger partial charge in [0.15, 0.2) is 0 Å².